The minimum Gasteiger partial charge on any atom is -0.507 e. The van der Waals surface area contributed by atoms with Crippen LogP contribution in [0.5, 0.6) is 5.75 Å². The van der Waals surface area contributed by atoms with Gasteiger partial charge in [0.25, 0.3) is 0 Å². The third-order valence-electron chi connectivity index (χ3n) is 17.2. The summed E-state index contributed by atoms with van der Waals surface area (Å²) in [5.41, 5.74) is 18.8. The number of para-hydroxylation sites is 4. The summed E-state index contributed by atoms with van der Waals surface area (Å²) in [5, 5.41) is 21.4. The van der Waals surface area contributed by atoms with Crippen molar-refractivity contribution in [1.29, 1.82) is 0 Å². The van der Waals surface area contributed by atoms with Crippen LogP contribution in [-0.2, 0) is 37.3 Å². The quantitative estimate of drug-likeness (QED) is 0.128. The zero-order chi connectivity index (χ0) is 56.9. The number of nitrogens with zero attached hydrogens (tertiary/aromatic N) is 5. The largest absolute Gasteiger partial charge is 0.507 e. The van der Waals surface area contributed by atoms with Gasteiger partial charge >= 0.3 is 0 Å². The summed E-state index contributed by atoms with van der Waals surface area (Å²) >= 11 is 0. The van der Waals surface area contributed by atoms with Crippen molar-refractivity contribution in [3.8, 4) is 62.0 Å². The van der Waals surface area contributed by atoms with Gasteiger partial charge in [-0.2, -0.15) is 0 Å². The number of aromatic nitrogens is 5. The van der Waals surface area contributed by atoms with Gasteiger partial charge in [0, 0.05) is 82.1 Å². The van der Waals surface area contributed by atoms with Crippen LogP contribution in [0.2, 0.25) is 19.6 Å². The number of imidazole rings is 1. The first-order valence-electron chi connectivity index (χ1n) is 28.9. The summed E-state index contributed by atoms with van der Waals surface area (Å²) in [5.74, 6) is 0.937. The van der Waals surface area contributed by atoms with Gasteiger partial charge in [0.2, 0.25) is 0 Å². The second kappa shape index (κ2) is 19.2. The molecular formula is C75H68N5OPtSi-. The van der Waals surface area contributed by atoms with Crippen LogP contribution in [0.25, 0.3) is 127 Å². The van der Waals surface area contributed by atoms with E-state index in [0.717, 1.165) is 88.9 Å². The third kappa shape index (κ3) is 8.67. The van der Waals surface area contributed by atoms with Gasteiger partial charge in [-0.3, -0.25) is 9.55 Å². The van der Waals surface area contributed by atoms with Crippen molar-refractivity contribution in [2.24, 2.45) is 0 Å². The fourth-order valence-electron chi connectivity index (χ4n) is 12.8. The van der Waals surface area contributed by atoms with E-state index in [1.54, 1.807) is 0 Å². The Morgan fingerprint density at radius 2 is 1.11 bits per heavy atom. The summed E-state index contributed by atoms with van der Waals surface area (Å²) in [4.78, 5) is 11.1. The molecule has 0 aliphatic rings. The molecule has 0 saturated heterocycles. The molecule has 0 unspecified atom stereocenters. The second-order valence-corrected chi connectivity index (χ2v) is 31.9. The molecule has 9 aromatic carbocycles. The average molecular weight is 1280 g/mol. The standard InChI is InChI=1S/C75H68N5OSi.Pt/c1-73(2,3)48-39-46(38-47(40-48)68-67-56-25-17-19-30-62(56)78(65(67)36-37-76-68)50-32-34-64-58(43-50)55-28-20-27-54-53-24-16-18-29-61(53)79(64)70(54)55)52-26-21-31-66-69(52)77-72(59-41-49(74(4,5)6)42-60(71(59)81)75(7,8)9)80(66)63-35-33-51(82(10,11)12)44-57(63)45-22-14-13-15-23-45;/h13-37,39-44,81H,1-12H3;/q-1;. The zero-order valence-corrected chi connectivity index (χ0v) is 52.7. The van der Waals surface area contributed by atoms with Crippen molar-refractivity contribution in [1.82, 2.24) is 23.5 Å². The van der Waals surface area contributed by atoms with E-state index in [2.05, 4.69) is 284 Å². The summed E-state index contributed by atoms with van der Waals surface area (Å²) in [6, 6.07) is 70.7. The molecule has 0 bridgehead atoms. The Morgan fingerprint density at radius 1 is 0.482 bits per heavy atom. The molecule has 0 radical (unpaired) electrons. The van der Waals surface area contributed by atoms with Gasteiger partial charge in [0.1, 0.15) is 11.6 Å². The van der Waals surface area contributed by atoms with E-state index < -0.39 is 8.07 Å². The molecule has 8 heteroatoms. The summed E-state index contributed by atoms with van der Waals surface area (Å²) in [7, 11) is -1.76. The topological polar surface area (TPSA) is 60.3 Å². The first kappa shape index (κ1) is 54.2. The van der Waals surface area contributed by atoms with Crippen molar-refractivity contribution in [2.45, 2.75) is 98.2 Å². The molecular weight excluding hydrogens is 1210 g/mol. The molecule has 0 atom stereocenters. The second-order valence-electron chi connectivity index (χ2n) is 26.8. The average Bonchev–Trinajstić information content (AvgIpc) is 4.07. The number of aromatic hydroxyl groups is 1. The Labute approximate surface area is 501 Å². The fourth-order valence-corrected chi connectivity index (χ4v) is 14.0. The van der Waals surface area contributed by atoms with Crippen LogP contribution >= 0.6 is 0 Å². The Bertz CT molecular complexity index is 4920. The maximum Gasteiger partial charge on any atom is 0.148 e. The first-order chi connectivity index (χ1) is 39.1. The SMILES string of the molecule is CC(C)(C)c1cc(-c2cccc3c2nc(-c2cc(C(C)(C)C)cc(C(C)(C)C)c2O)n3-c2ccc([Si](C)(C)C)cc2-c2ccccc2)[c-]c(-c2nccc3c2c2ccccc2n3-c2ccc3c(c2)c2cccc4c5ccccc5n3c42)c1.[Pt]. The van der Waals surface area contributed by atoms with E-state index in [-0.39, 0.29) is 43.1 Å². The predicted molar refractivity (Wildman–Crippen MR) is 349 cm³/mol. The van der Waals surface area contributed by atoms with Crippen molar-refractivity contribution in [3.63, 3.8) is 0 Å². The van der Waals surface area contributed by atoms with E-state index in [0.29, 0.717) is 11.4 Å². The minimum atomic E-state index is -1.76. The molecule has 0 amide bonds. The molecule has 0 saturated carbocycles. The number of rotatable bonds is 7. The number of pyridine rings is 1. The maximum atomic E-state index is 12.8. The molecule has 6 nitrogen and oxygen atoms in total. The van der Waals surface area contributed by atoms with Crippen LogP contribution in [0, 0.1) is 6.07 Å². The van der Waals surface area contributed by atoms with E-state index in [9.17, 15) is 5.11 Å². The van der Waals surface area contributed by atoms with Crippen LogP contribution in [0.1, 0.15) is 79.0 Å². The molecule has 0 fully saturated rings. The monoisotopic (exact) mass is 1280 g/mol. The van der Waals surface area contributed by atoms with Crippen molar-refractivity contribution in [2.75, 3.05) is 0 Å². The number of hydrogen-bond donors (Lipinski definition) is 1. The predicted octanol–water partition coefficient (Wildman–Crippen LogP) is 19.3. The van der Waals surface area contributed by atoms with E-state index in [1.165, 1.54) is 48.8 Å². The number of benzene rings is 9. The molecule has 5 aromatic heterocycles. The van der Waals surface area contributed by atoms with E-state index in [1.807, 2.05) is 6.20 Å². The zero-order valence-electron chi connectivity index (χ0n) is 49.4. The Balaban J connectivity index is 0.00000645. The van der Waals surface area contributed by atoms with Gasteiger partial charge in [-0.25, -0.2) is 4.98 Å². The summed E-state index contributed by atoms with van der Waals surface area (Å²) in [6.07, 6.45) is 1.96. The summed E-state index contributed by atoms with van der Waals surface area (Å²) in [6.45, 7) is 27.3. The van der Waals surface area contributed by atoms with Gasteiger partial charge in [0.05, 0.1) is 57.9 Å². The van der Waals surface area contributed by atoms with Crippen LogP contribution in [-0.4, -0.2) is 36.7 Å². The van der Waals surface area contributed by atoms with E-state index >= 15 is 0 Å². The van der Waals surface area contributed by atoms with Gasteiger partial charge < -0.3 is 14.1 Å². The molecule has 0 spiro atoms. The molecule has 14 aromatic rings. The van der Waals surface area contributed by atoms with Gasteiger partial charge in [-0.1, -0.05) is 214 Å². The molecule has 0 aliphatic carbocycles. The van der Waals surface area contributed by atoms with Crippen molar-refractivity contribution in [3.05, 3.63) is 211 Å². The molecule has 83 heavy (non-hydrogen) atoms. The van der Waals surface area contributed by atoms with Crippen LogP contribution in [0.3, 0.4) is 0 Å². The van der Waals surface area contributed by atoms with Gasteiger partial charge in [-0.05, 0) is 82.0 Å². The Morgan fingerprint density at radius 3 is 1.83 bits per heavy atom. The smallest absolute Gasteiger partial charge is 0.148 e. The van der Waals surface area contributed by atoms with Gasteiger partial charge in [0.15, 0.2) is 0 Å². The van der Waals surface area contributed by atoms with Crippen molar-refractivity contribution < 1.29 is 26.2 Å². The Kier molecular flexibility index (Phi) is 12.6. The maximum absolute atomic E-state index is 12.8. The summed E-state index contributed by atoms with van der Waals surface area (Å²) < 4.78 is 7.17. The van der Waals surface area contributed by atoms with Crippen LogP contribution < -0.4 is 5.19 Å². The normalized spacial score (nSPS) is 12.8. The fraction of sp³-hybridized carbons (Fsp3) is 0.200. The first-order valence-corrected chi connectivity index (χ1v) is 32.4. The number of hydrogen-bond acceptors (Lipinski definition) is 3. The third-order valence-corrected chi connectivity index (χ3v) is 19.3. The molecule has 414 valence electrons. The van der Waals surface area contributed by atoms with Crippen LogP contribution in [0.4, 0.5) is 0 Å². The van der Waals surface area contributed by atoms with Crippen molar-refractivity contribution >= 4 is 84.2 Å². The number of phenolic OH excluding ortho intramolecular Hbond substituents is 1. The Hall–Kier alpha value is -8.09. The molecule has 5 heterocycles. The number of fused-ring (bicyclic) bond motifs is 10. The molecule has 1 N–H and O–H groups in total. The van der Waals surface area contributed by atoms with Crippen LogP contribution in [0.15, 0.2) is 188 Å². The molecule has 0 aliphatic heterocycles. The molecule has 14 rings (SSSR count). The minimum absolute atomic E-state index is 0. The van der Waals surface area contributed by atoms with Gasteiger partial charge in [-0.15, -0.1) is 29.3 Å². The van der Waals surface area contributed by atoms with E-state index in [4.69, 9.17) is 9.97 Å². The number of phenols is 1.